The molecule has 1 aromatic heterocycles. The number of hydrogen-bond donors (Lipinski definition) is 2. The first-order valence-corrected chi connectivity index (χ1v) is 13.1. The van der Waals surface area contributed by atoms with E-state index in [4.69, 9.17) is 32.7 Å². The van der Waals surface area contributed by atoms with E-state index >= 15 is 0 Å². The molecule has 8 nitrogen and oxygen atoms in total. The third kappa shape index (κ3) is 7.09. The molecule has 0 aliphatic rings. The van der Waals surface area contributed by atoms with E-state index in [9.17, 15) is 4.79 Å². The lowest BCUT2D eigenvalue weighted by Crippen LogP contribution is -2.29. The van der Waals surface area contributed by atoms with Crippen molar-refractivity contribution in [3.05, 3.63) is 88.2 Å². The molecule has 192 valence electrons. The molecule has 0 fully saturated rings. The van der Waals surface area contributed by atoms with Crippen molar-refractivity contribution in [3.8, 4) is 17.2 Å². The highest BCUT2D eigenvalue weighted by atomic mass is 35.5. The lowest BCUT2D eigenvalue weighted by Gasteiger charge is -2.13. The largest absolute Gasteiger partial charge is 0.497 e. The number of benzene rings is 3. The van der Waals surface area contributed by atoms with Crippen molar-refractivity contribution in [1.82, 2.24) is 20.1 Å². The van der Waals surface area contributed by atoms with Crippen molar-refractivity contribution in [2.24, 2.45) is 0 Å². The second-order valence-corrected chi connectivity index (χ2v) is 9.52. The molecule has 4 aromatic rings. The van der Waals surface area contributed by atoms with Gasteiger partial charge >= 0.3 is 6.03 Å². The number of ether oxygens (including phenoxy) is 2. The van der Waals surface area contributed by atoms with Crippen LogP contribution in [0.1, 0.15) is 18.3 Å². The minimum Gasteiger partial charge on any atom is -0.497 e. The van der Waals surface area contributed by atoms with E-state index < -0.39 is 0 Å². The maximum atomic E-state index is 12.6. The molecule has 4 rings (SSSR count). The summed E-state index contributed by atoms with van der Waals surface area (Å²) in [6.45, 7) is 2.61. The average molecular weight is 558 g/mol. The number of carbonyl (C=O) groups excluding carboxylic acids is 1. The van der Waals surface area contributed by atoms with E-state index in [0.29, 0.717) is 44.8 Å². The van der Waals surface area contributed by atoms with Gasteiger partial charge in [0.15, 0.2) is 11.0 Å². The fourth-order valence-corrected chi connectivity index (χ4v) is 4.86. The summed E-state index contributed by atoms with van der Waals surface area (Å²) in [5, 5.41) is 15.9. The van der Waals surface area contributed by atoms with Gasteiger partial charge in [0, 0.05) is 16.5 Å². The first-order valence-electron chi connectivity index (χ1n) is 11.4. The van der Waals surface area contributed by atoms with Crippen molar-refractivity contribution in [3.63, 3.8) is 0 Å². The third-order valence-electron chi connectivity index (χ3n) is 5.18. The minimum absolute atomic E-state index is 0.120. The fourth-order valence-electron chi connectivity index (χ4n) is 3.46. The van der Waals surface area contributed by atoms with Crippen LogP contribution in [0.15, 0.2) is 71.9 Å². The Hall–Kier alpha value is -3.40. The summed E-state index contributed by atoms with van der Waals surface area (Å²) >= 11 is 14.1. The van der Waals surface area contributed by atoms with Crippen LogP contribution in [0.3, 0.4) is 0 Å². The van der Waals surface area contributed by atoms with Gasteiger partial charge in [-0.1, -0.05) is 47.1 Å². The molecule has 0 atom stereocenters. The van der Waals surface area contributed by atoms with Crippen molar-refractivity contribution >= 4 is 46.7 Å². The minimum atomic E-state index is -0.383. The quantitative estimate of drug-likeness (QED) is 0.213. The van der Waals surface area contributed by atoms with Crippen LogP contribution in [-0.2, 0) is 12.3 Å². The molecule has 2 amide bonds. The molecule has 0 unspecified atom stereocenters. The maximum Gasteiger partial charge on any atom is 0.319 e. The van der Waals surface area contributed by atoms with E-state index in [1.165, 1.54) is 11.8 Å². The van der Waals surface area contributed by atoms with Gasteiger partial charge in [0.05, 0.1) is 31.0 Å². The van der Waals surface area contributed by atoms with Crippen LogP contribution in [0.5, 0.6) is 11.5 Å². The van der Waals surface area contributed by atoms with Crippen molar-refractivity contribution in [2.75, 3.05) is 19.0 Å². The van der Waals surface area contributed by atoms with Gasteiger partial charge in [-0.05, 0) is 67.1 Å². The Morgan fingerprint density at radius 1 is 1.03 bits per heavy atom. The summed E-state index contributed by atoms with van der Waals surface area (Å²) in [7, 11) is 1.64. The summed E-state index contributed by atoms with van der Waals surface area (Å²) in [5.41, 5.74) is 2.36. The fraction of sp³-hybridized carbons (Fsp3) is 0.192. The van der Waals surface area contributed by atoms with Crippen LogP contribution >= 0.6 is 35.0 Å². The number of nitrogens with zero attached hydrogens (tertiary/aromatic N) is 3. The Morgan fingerprint density at radius 3 is 2.57 bits per heavy atom. The summed E-state index contributed by atoms with van der Waals surface area (Å²) in [6.07, 6.45) is 0. The van der Waals surface area contributed by atoms with Crippen LogP contribution in [0.2, 0.25) is 10.0 Å². The zero-order valence-electron chi connectivity index (χ0n) is 20.2. The zero-order valence-corrected chi connectivity index (χ0v) is 22.5. The Labute approximate surface area is 229 Å². The Kier molecular flexibility index (Phi) is 9.16. The molecular weight excluding hydrogens is 533 g/mol. The number of amides is 2. The molecule has 0 aliphatic carbocycles. The van der Waals surface area contributed by atoms with Crippen molar-refractivity contribution < 1.29 is 14.3 Å². The Balaban J connectivity index is 1.51. The number of halogens is 2. The highest BCUT2D eigenvalue weighted by Crippen LogP contribution is 2.31. The topological polar surface area (TPSA) is 90.3 Å². The molecule has 2 N–H and O–H groups in total. The highest BCUT2D eigenvalue weighted by Gasteiger charge is 2.18. The number of thioether (sulfide) groups is 1. The van der Waals surface area contributed by atoms with Gasteiger partial charge in [0.2, 0.25) is 0 Å². The Bertz CT molecular complexity index is 1360. The number of carbonyl (C=O) groups is 1. The average Bonchev–Trinajstić information content (AvgIpc) is 3.30. The molecule has 37 heavy (non-hydrogen) atoms. The molecule has 0 bridgehead atoms. The molecule has 0 saturated carbocycles. The first-order chi connectivity index (χ1) is 18.0. The van der Waals surface area contributed by atoms with Gasteiger partial charge < -0.3 is 20.1 Å². The summed E-state index contributed by atoms with van der Waals surface area (Å²) in [4.78, 5) is 12.6. The van der Waals surface area contributed by atoms with E-state index in [0.717, 1.165) is 17.1 Å². The summed E-state index contributed by atoms with van der Waals surface area (Å²) in [5.74, 6) is 2.66. The van der Waals surface area contributed by atoms with Gasteiger partial charge in [-0.2, -0.15) is 0 Å². The molecule has 0 spiro atoms. The smallest absolute Gasteiger partial charge is 0.319 e. The molecule has 11 heteroatoms. The molecule has 0 radical (unpaired) electrons. The van der Waals surface area contributed by atoms with E-state index in [-0.39, 0.29) is 12.6 Å². The Morgan fingerprint density at radius 2 is 1.84 bits per heavy atom. The van der Waals surface area contributed by atoms with Crippen molar-refractivity contribution in [2.45, 2.75) is 24.4 Å². The second-order valence-electron chi connectivity index (χ2n) is 7.74. The number of nitrogens with one attached hydrogen (secondary N) is 2. The van der Waals surface area contributed by atoms with E-state index in [1.54, 1.807) is 49.6 Å². The van der Waals surface area contributed by atoms with Crippen LogP contribution in [-0.4, -0.2) is 34.5 Å². The van der Waals surface area contributed by atoms with E-state index in [1.807, 2.05) is 35.8 Å². The van der Waals surface area contributed by atoms with Crippen LogP contribution in [0.25, 0.3) is 5.69 Å². The van der Waals surface area contributed by atoms with Gasteiger partial charge in [0.1, 0.15) is 11.5 Å². The zero-order chi connectivity index (χ0) is 26.2. The first kappa shape index (κ1) is 26.7. The van der Waals surface area contributed by atoms with Crippen LogP contribution in [0, 0.1) is 0 Å². The monoisotopic (exact) mass is 557 g/mol. The van der Waals surface area contributed by atoms with Gasteiger partial charge in [0.25, 0.3) is 0 Å². The SMILES string of the molecule is CCOc1ccc(NC(=O)NCc2nnc(SCc3cccc(OC)c3)n2-c2ccc(Cl)cc2Cl)cc1. The number of rotatable bonds is 10. The molecule has 0 saturated heterocycles. The third-order valence-corrected chi connectivity index (χ3v) is 6.72. The summed E-state index contributed by atoms with van der Waals surface area (Å²) < 4.78 is 12.6. The number of hydrogen-bond acceptors (Lipinski definition) is 6. The van der Waals surface area contributed by atoms with Crippen LogP contribution < -0.4 is 20.1 Å². The van der Waals surface area contributed by atoms with Crippen molar-refractivity contribution in [1.29, 1.82) is 0 Å². The number of methoxy groups -OCH3 is 1. The number of anilines is 1. The number of aromatic nitrogens is 3. The predicted molar refractivity (Wildman–Crippen MR) is 147 cm³/mol. The molecule has 3 aromatic carbocycles. The summed E-state index contributed by atoms with van der Waals surface area (Å²) in [6, 6.07) is 19.8. The number of urea groups is 1. The van der Waals surface area contributed by atoms with Crippen LogP contribution in [0.4, 0.5) is 10.5 Å². The van der Waals surface area contributed by atoms with Gasteiger partial charge in [-0.3, -0.25) is 4.57 Å². The lowest BCUT2D eigenvalue weighted by molar-refractivity contribution is 0.251. The highest BCUT2D eigenvalue weighted by molar-refractivity contribution is 7.98. The van der Waals surface area contributed by atoms with Gasteiger partial charge in [-0.25, -0.2) is 4.79 Å². The molecule has 0 aliphatic heterocycles. The predicted octanol–water partition coefficient (Wildman–Crippen LogP) is 6.60. The standard InChI is InChI=1S/C26H25Cl2N5O3S/c1-3-36-20-10-8-19(9-11-20)30-25(34)29-15-24-31-32-26(33(24)23-12-7-18(27)14-22(23)28)37-16-17-5-4-6-21(13-17)35-2/h4-14H,3,15-16H2,1-2H3,(H2,29,30,34). The molecule has 1 heterocycles. The normalized spacial score (nSPS) is 10.7. The molecular formula is C26H25Cl2N5O3S. The second kappa shape index (κ2) is 12.7. The van der Waals surface area contributed by atoms with Gasteiger partial charge in [-0.15, -0.1) is 10.2 Å². The maximum absolute atomic E-state index is 12.6. The lowest BCUT2D eigenvalue weighted by atomic mass is 10.2. The van der Waals surface area contributed by atoms with E-state index in [2.05, 4.69) is 20.8 Å².